The topological polar surface area (TPSA) is 65.0 Å². The molecule has 5 rings (SSSR count). The number of ketones is 1. The van der Waals surface area contributed by atoms with Crippen molar-refractivity contribution in [3.63, 3.8) is 0 Å². The molecule has 3 aliphatic rings. The lowest BCUT2D eigenvalue weighted by Crippen LogP contribution is -2.59. The molecule has 192 valence electrons. The molecule has 5 nitrogen and oxygen atoms in total. The molecule has 2 aromatic rings. The Bertz CT molecular complexity index is 1090. The van der Waals surface area contributed by atoms with Gasteiger partial charge in [0.1, 0.15) is 23.2 Å². The fourth-order valence-electron chi connectivity index (χ4n) is 6.55. The number of Topliss-reactive ketones (excluding diaryl/α,β-unsaturated/α-hetero) is 1. The van der Waals surface area contributed by atoms with Crippen LogP contribution >= 0.6 is 0 Å². The summed E-state index contributed by atoms with van der Waals surface area (Å²) in [4.78, 5) is 13.9. The smallest absolute Gasteiger partial charge is 0.165 e. The van der Waals surface area contributed by atoms with Gasteiger partial charge >= 0.3 is 0 Å². The molecule has 3 aliphatic carbocycles. The van der Waals surface area contributed by atoms with Crippen molar-refractivity contribution in [3.05, 3.63) is 71.8 Å². The third-order valence-corrected chi connectivity index (χ3v) is 8.88. The van der Waals surface area contributed by atoms with Crippen LogP contribution < -0.4 is 9.47 Å². The van der Waals surface area contributed by atoms with Crippen molar-refractivity contribution in [3.8, 4) is 11.5 Å². The van der Waals surface area contributed by atoms with E-state index in [1.807, 2.05) is 54.6 Å². The van der Waals surface area contributed by atoms with Gasteiger partial charge in [-0.15, -0.1) is 0 Å². The lowest BCUT2D eigenvalue weighted by atomic mass is 9.67. The van der Waals surface area contributed by atoms with Crippen LogP contribution in [0, 0.1) is 17.3 Å². The van der Waals surface area contributed by atoms with Gasteiger partial charge in [0.15, 0.2) is 5.78 Å². The van der Waals surface area contributed by atoms with Gasteiger partial charge in [-0.05, 0) is 79.3 Å². The molecule has 2 fully saturated rings. The maximum Gasteiger partial charge on any atom is 0.165 e. The molecule has 2 saturated carbocycles. The highest BCUT2D eigenvalue weighted by Crippen LogP contribution is 2.53. The zero-order valence-corrected chi connectivity index (χ0v) is 21.6. The maximum atomic E-state index is 13.9. The molecule has 0 unspecified atom stereocenters. The number of methoxy groups -OCH3 is 1. The van der Waals surface area contributed by atoms with E-state index in [1.54, 1.807) is 7.11 Å². The molecular formula is C31H38O5. The number of fused-ring (bicyclic) bond motifs is 3. The largest absolute Gasteiger partial charge is 0.497 e. The number of hydrogen-bond donors (Lipinski definition) is 1. The van der Waals surface area contributed by atoms with Gasteiger partial charge in [0.05, 0.1) is 25.7 Å². The second-order valence-electron chi connectivity index (χ2n) is 11.2. The SMILES string of the molecule is COc1ccc(O[C@H]2/C=C3/CC[C@H](CC(=O)[C@]4(O)CCC[C@@H](OCc5ccccc5)[C@H]24)C3(C)C)cc1. The van der Waals surface area contributed by atoms with Gasteiger partial charge in [0.2, 0.25) is 0 Å². The van der Waals surface area contributed by atoms with Crippen LogP contribution in [0.15, 0.2) is 66.2 Å². The van der Waals surface area contributed by atoms with Crippen molar-refractivity contribution in [1.29, 1.82) is 0 Å². The maximum absolute atomic E-state index is 13.9. The van der Waals surface area contributed by atoms with Crippen LogP contribution in [0.25, 0.3) is 0 Å². The molecule has 0 saturated heterocycles. The normalized spacial score (nSPS) is 32.9. The fourth-order valence-corrected chi connectivity index (χ4v) is 6.55. The van der Waals surface area contributed by atoms with Crippen molar-refractivity contribution in [1.82, 2.24) is 0 Å². The minimum Gasteiger partial charge on any atom is -0.497 e. The van der Waals surface area contributed by atoms with E-state index in [1.165, 1.54) is 5.57 Å². The zero-order valence-electron chi connectivity index (χ0n) is 21.6. The predicted octanol–water partition coefficient (Wildman–Crippen LogP) is 5.89. The van der Waals surface area contributed by atoms with Crippen molar-refractivity contribution in [2.75, 3.05) is 7.11 Å². The van der Waals surface area contributed by atoms with Crippen molar-refractivity contribution in [2.24, 2.45) is 17.3 Å². The van der Waals surface area contributed by atoms with Gasteiger partial charge in [-0.25, -0.2) is 0 Å². The third-order valence-electron chi connectivity index (χ3n) is 8.88. The van der Waals surface area contributed by atoms with E-state index in [2.05, 4.69) is 19.9 Å². The van der Waals surface area contributed by atoms with Crippen molar-refractivity contribution >= 4 is 5.78 Å². The van der Waals surface area contributed by atoms with E-state index in [-0.39, 0.29) is 23.2 Å². The number of hydrogen-bond acceptors (Lipinski definition) is 5. The highest BCUT2D eigenvalue weighted by molar-refractivity contribution is 5.88. The summed E-state index contributed by atoms with van der Waals surface area (Å²) in [7, 11) is 1.64. The lowest BCUT2D eigenvalue weighted by molar-refractivity contribution is -0.174. The zero-order chi connectivity index (χ0) is 25.3. The number of benzene rings is 2. The van der Waals surface area contributed by atoms with Crippen LogP contribution in [0.5, 0.6) is 11.5 Å². The molecule has 0 aromatic heterocycles. The number of carbonyl (C=O) groups is 1. The van der Waals surface area contributed by atoms with Gasteiger partial charge in [0, 0.05) is 6.42 Å². The van der Waals surface area contributed by atoms with Crippen LogP contribution in [0.3, 0.4) is 0 Å². The monoisotopic (exact) mass is 490 g/mol. The Balaban J connectivity index is 1.54. The molecule has 0 amide bonds. The van der Waals surface area contributed by atoms with Crippen LogP contribution in [0.2, 0.25) is 0 Å². The third kappa shape index (κ3) is 4.71. The van der Waals surface area contributed by atoms with Gasteiger partial charge in [0.25, 0.3) is 0 Å². The first-order valence-electron chi connectivity index (χ1n) is 13.2. The van der Waals surface area contributed by atoms with Crippen LogP contribution in [-0.4, -0.2) is 35.8 Å². The molecule has 0 spiro atoms. The number of aliphatic hydroxyl groups is 1. The van der Waals surface area contributed by atoms with E-state index in [4.69, 9.17) is 14.2 Å². The quantitative estimate of drug-likeness (QED) is 0.511. The van der Waals surface area contributed by atoms with E-state index in [0.717, 1.165) is 37.0 Å². The van der Waals surface area contributed by atoms with Crippen LogP contribution in [0.4, 0.5) is 0 Å². The Morgan fingerprint density at radius 1 is 1.00 bits per heavy atom. The number of rotatable bonds is 6. The van der Waals surface area contributed by atoms with Crippen LogP contribution in [-0.2, 0) is 16.1 Å². The van der Waals surface area contributed by atoms with Crippen molar-refractivity contribution < 1.29 is 24.1 Å². The minimum absolute atomic E-state index is 0.0570. The summed E-state index contributed by atoms with van der Waals surface area (Å²) >= 11 is 0. The molecule has 2 bridgehead atoms. The van der Waals surface area contributed by atoms with E-state index >= 15 is 0 Å². The lowest BCUT2D eigenvalue weighted by Gasteiger charge is -2.46. The molecular weight excluding hydrogens is 452 g/mol. The summed E-state index contributed by atoms with van der Waals surface area (Å²) in [5, 5.41) is 12.1. The molecule has 2 aromatic carbocycles. The summed E-state index contributed by atoms with van der Waals surface area (Å²) in [6, 6.07) is 17.6. The van der Waals surface area contributed by atoms with Crippen LogP contribution in [0.1, 0.15) is 57.9 Å². The first-order chi connectivity index (χ1) is 17.3. The Kier molecular flexibility index (Phi) is 6.97. The molecule has 0 radical (unpaired) electrons. The summed E-state index contributed by atoms with van der Waals surface area (Å²) in [6.45, 7) is 4.90. The fraction of sp³-hybridized carbons (Fsp3) is 0.516. The van der Waals surface area contributed by atoms with Crippen molar-refractivity contribution in [2.45, 2.75) is 76.8 Å². The Morgan fingerprint density at radius 3 is 2.44 bits per heavy atom. The van der Waals surface area contributed by atoms with Gasteiger partial charge in [-0.1, -0.05) is 49.8 Å². The average Bonchev–Trinajstić information content (AvgIpc) is 3.16. The second kappa shape index (κ2) is 10.0. The molecule has 5 heteroatoms. The molecule has 0 aliphatic heterocycles. The first-order valence-corrected chi connectivity index (χ1v) is 13.2. The van der Waals surface area contributed by atoms with Gasteiger partial charge in [-0.3, -0.25) is 4.79 Å². The standard InChI is InChI=1S/C31H38O5/c1-30(2)22-11-12-23(30)19-28(32)31(33)17-7-10-26(35-20-21-8-5-4-6-9-21)29(31)27(18-22)36-25-15-13-24(34-3)14-16-25/h4-6,8-9,13-16,18,23,26-27,29,33H,7,10-12,17,19-20H2,1-3H3/b22-18-/t23-,26-,27+,29-,31-/m1/s1. The molecule has 1 N–H and O–H groups in total. The molecule has 36 heavy (non-hydrogen) atoms. The minimum atomic E-state index is -1.48. The van der Waals surface area contributed by atoms with E-state index in [0.29, 0.717) is 25.2 Å². The highest BCUT2D eigenvalue weighted by atomic mass is 16.5. The first kappa shape index (κ1) is 25.0. The summed E-state index contributed by atoms with van der Waals surface area (Å²) < 4.78 is 18.4. The Hall–Kier alpha value is -2.63. The van der Waals surface area contributed by atoms with Gasteiger partial charge in [-0.2, -0.15) is 0 Å². The van der Waals surface area contributed by atoms with Gasteiger partial charge < -0.3 is 19.3 Å². The molecule has 0 heterocycles. The second-order valence-corrected chi connectivity index (χ2v) is 11.2. The Labute approximate surface area is 214 Å². The Morgan fingerprint density at radius 2 is 1.72 bits per heavy atom. The molecule has 5 atom stereocenters. The number of ether oxygens (including phenoxy) is 3. The summed E-state index contributed by atoms with van der Waals surface area (Å²) in [5.74, 6) is 1.12. The highest BCUT2D eigenvalue weighted by Gasteiger charge is 2.56. The van der Waals surface area contributed by atoms with E-state index in [9.17, 15) is 9.90 Å². The number of allylic oxidation sites excluding steroid dienone is 1. The number of carbonyl (C=O) groups excluding carboxylic acids is 1. The predicted molar refractivity (Wildman–Crippen MR) is 139 cm³/mol. The average molecular weight is 491 g/mol. The summed E-state index contributed by atoms with van der Waals surface area (Å²) in [5.41, 5.74) is 0.804. The summed E-state index contributed by atoms with van der Waals surface area (Å²) in [6.07, 6.45) is 5.72. The van der Waals surface area contributed by atoms with E-state index < -0.39 is 17.6 Å².